The Morgan fingerprint density at radius 2 is 1.87 bits per heavy atom. The van der Waals surface area contributed by atoms with Crippen LogP contribution in [0.4, 0.5) is 21.5 Å². The third kappa shape index (κ3) is 4.26. The summed E-state index contributed by atoms with van der Waals surface area (Å²) in [5, 5.41) is 4.99. The number of halogens is 1. The van der Waals surface area contributed by atoms with Crippen molar-refractivity contribution in [1.82, 2.24) is 4.98 Å². The summed E-state index contributed by atoms with van der Waals surface area (Å²) in [7, 11) is 3.68. The quantitative estimate of drug-likeness (QED) is 0.909. The van der Waals surface area contributed by atoms with Crippen LogP contribution in [0.3, 0.4) is 0 Å². The van der Waals surface area contributed by atoms with Crippen LogP contribution in [0.5, 0.6) is 0 Å². The first-order valence-corrected chi connectivity index (χ1v) is 6.88. The molecule has 120 valence electrons. The lowest BCUT2D eigenvalue weighted by atomic mass is 10.2. The van der Waals surface area contributed by atoms with Crippen LogP contribution in [0.2, 0.25) is 0 Å². The molecule has 2 amide bonds. The molecular weight excluding hydrogens is 299 g/mol. The zero-order chi connectivity index (χ0) is 17.0. The van der Waals surface area contributed by atoms with Gasteiger partial charge >= 0.3 is 0 Å². The van der Waals surface area contributed by atoms with Gasteiger partial charge in [-0.15, -0.1) is 0 Å². The molecule has 1 aromatic heterocycles. The van der Waals surface area contributed by atoms with E-state index in [1.807, 2.05) is 19.0 Å². The predicted molar refractivity (Wildman–Crippen MR) is 87.2 cm³/mol. The highest BCUT2D eigenvalue weighted by molar-refractivity contribution is 6.03. The van der Waals surface area contributed by atoms with Crippen molar-refractivity contribution in [1.29, 1.82) is 0 Å². The lowest BCUT2D eigenvalue weighted by Crippen LogP contribution is -2.17. The van der Waals surface area contributed by atoms with E-state index in [9.17, 15) is 14.0 Å². The first-order chi connectivity index (χ1) is 10.9. The molecule has 2 rings (SSSR count). The fourth-order valence-corrected chi connectivity index (χ4v) is 1.91. The Balaban J connectivity index is 2.22. The minimum absolute atomic E-state index is 0.0293. The lowest BCUT2D eigenvalue weighted by molar-refractivity contribution is -0.114. The Kier molecular flexibility index (Phi) is 4.90. The van der Waals surface area contributed by atoms with Gasteiger partial charge in [-0.25, -0.2) is 4.39 Å². The van der Waals surface area contributed by atoms with E-state index in [1.54, 1.807) is 12.1 Å². The van der Waals surface area contributed by atoms with E-state index in [4.69, 9.17) is 0 Å². The number of nitrogens with one attached hydrogen (secondary N) is 2. The summed E-state index contributed by atoms with van der Waals surface area (Å²) >= 11 is 0. The molecule has 2 N–H and O–H groups in total. The number of benzene rings is 1. The van der Waals surface area contributed by atoms with E-state index in [0.29, 0.717) is 5.69 Å². The van der Waals surface area contributed by atoms with Gasteiger partial charge in [0.15, 0.2) is 0 Å². The van der Waals surface area contributed by atoms with Crippen molar-refractivity contribution >= 4 is 28.9 Å². The molecule has 0 spiro atoms. The number of nitrogens with zero attached hydrogens (tertiary/aromatic N) is 2. The summed E-state index contributed by atoms with van der Waals surface area (Å²) in [5.41, 5.74) is 1.33. The molecule has 23 heavy (non-hydrogen) atoms. The van der Waals surface area contributed by atoms with Crippen molar-refractivity contribution < 1.29 is 14.0 Å². The summed E-state index contributed by atoms with van der Waals surface area (Å²) in [6.07, 6.45) is 1.51. The third-order valence-corrected chi connectivity index (χ3v) is 3.03. The molecule has 0 saturated heterocycles. The summed E-state index contributed by atoms with van der Waals surface area (Å²) in [4.78, 5) is 29.1. The van der Waals surface area contributed by atoms with Gasteiger partial charge in [0, 0.05) is 38.6 Å². The molecule has 1 heterocycles. The van der Waals surface area contributed by atoms with Crippen molar-refractivity contribution in [3.05, 3.63) is 48.0 Å². The van der Waals surface area contributed by atoms with Crippen LogP contribution in [-0.2, 0) is 4.79 Å². The molecule has 0 bridgehead atoms. The number of hydrogen-bond acceptors (Lipinski definition) is 4. The molecule has 0 aliphatic rings. The second-order valence-electron chi connectivity index (χ2n) is 5.12. The van der Waals surface area contributed by atoms with Crippen molar-refractivity contribution in [3.63, 3.8) is 0 Å². The molecule has 6 nitrogen and oxygen atoms in total. The number of amides is 2. The normalized spacial score (nSPS) is 10.1. The SMILES string of the molecule is CC(=O)Nc1ccc(F)c(NC(=O)c2cc(N(C)C)ccn2)c1. The van der Waals surface area contributed by atoms with Gasteiger partial charge in [-0.05, 0) is 30.3 Å². The van der Waals surface area contributed by atoms with Crippen LogP contribution in [0.1, 0.15) is 17.4 Å². The van der Waals surface area contributed by atoms with Gasteiger partial charge in [-0.1, -0.05) is 0 Å². The summed E-state index contributed by atoms with van der Waals surface area (Å²) in [5.74, 6) is -1.42. The molecule has 0 fully saturated rings. The van der Waals surface area contributed by atoms with E-state index in [1.165, 1.54) is 31.3 Å². The molecule has 2 aromatic rings. The second-order valence-corrected chi connectivity index (χ2v) is 5.12. The summed E-state index contributed by atoms with van der Waals surface area (Å²) in [6, 6.07) is 7.30. The Hall–Kier alpha value is -2.96. The fourth-order valence-electron chi connectivity index (χ4n) is 1.91. The minimum atomic E-state index is -0.601. The largest absolute Gasteiger partial charge is 0.378 e. The average molecular weight is 316 g/mol. The van der Waals surface area contributed by atoms with E-state index in [2.05, 4.69) is 15.6 Å². The first kappa shape index (κ1) is 16.4. The Labute approximate surface area is 133 Å². The number of pyridine rings is 1. The number of aromatic nitrogens is 1. The molecular formula is C16H17FN4O2. The fraction of sp³-hybridized carbons (Fsp3) is 0.188. The molecule has 1 aromatic carbocycles. The molecule has 0 atom stereocenters. The molecule has 0 radical (unpaired) electrons. The highest BCUT2D eigenvalue weighted by atomic mass is 19.1. The van der Waals surface area contributed by atoms with Gasteiger partial charge in [-0.3, -0.25) is 14.6 Å². The monoisotopic (exact) mass is 316 g/mol. The van der Waals surface area contributed by atoms with E-state index < -0.39 is 11.7 Å². The first-order valence-electron chi connectivity index (χ1n) is 6.88. The number of carbonyl (C=O) groups is 2. The maximum Gasteiger partial charge on any atom is 0.274 e. The maximum atomic E-state index is 13.8. The number of carbonyl (C=O) groups excluding carboxylic acids is 2. The van der Waals surface area contributed by atoms with Gasteiger partial charge < -0.3 is 15.5 Å². The Bertz CT molecular complexity index is 747. The molecule has 0 aliphatic carbocycles. The van der Waals surface area contributed by atoms with Crippen molar-refractivity contribution in [2.24, 2.45) is 0 Å². The predicted octanol–water partition coefficient (Wildman–Crippen LogP) is 2.50. The van der Waals surface area contributed by atoms with Crippen molar-refractivity contribution in [2.75, 3.05) is 29.6 Å². The summed E-state index contributed by atoms with van der Waals surface area (Å²) in [6.45, 7) is 1.35. The topological polar surface area (TPSA) is 74.3 Å². The van der Waals surface area contributed by atoms with E-state index in [-0.39, 0.29) is 17.3 Å². The van der Waals surface area contributed by atoms with E-state index >= 15 is 0 Å². The Morgan fingerprint density at radius 3 is 2.52 bits per heavy atom. The molecule has 0 saturated carbocycles. The average Bonchev–Trinajstić information content (AvgIpc) is 2.50. The van der Waals surface area contributed by atoms with E-state index in [0.717, 1.165) is 5.69 Å². The highest BCUT2D eigenvalue weighted by Gasteiger charge is 2.12. The van der Waals surface area contributed by atoms with Crippen LogP contribution in [0.25, 0.3) is 0 Å². The zero-order valence-corrected chi connectivity index (χ0v) is 13.1. The number of hydrogen-bond donors (Lipinski definition) is 2. The van der Waals surface area contributed by atoms with Crippen LogP contribution >= 0.6 is 0 Å². The second kappa shape index (κ2) is 6.87. The minimum Gasteiger partial charge on any atom is -0.378 e. The summed E-state index contributed by atoms with van der Waals surface area (Å²) < 4.78 is 13.8. The van der Waals surface area contributed by atoms with Crippen LogP contribution < -0.4 is 15.5 Å². The van der Waals surface area contributed by atoms with Crippen molar-refractivity contribution in [2.45, 2.75) is 6.92 Å². The van der Waals surface area contributed by atoms with Crippen LogP contribution in [-0.4, -0.2) is 30.9 Å². The smallest absolute Gasteiger partial charge is 0.274 e. The number of anilines is 3. The van der Waals surface area contributed by atoms with Crippen molar-refractivity contribution in [3.8, 4) is 0 Å². The lowest BCUT2D eigenvalue weighted by Gasteiger charge is -2.13. The molecule has 0 aliphatic heterocycles. The Morgan fingerprint density at radius 1 is 1.13 bits per heavy atom. The number of rotatable bonds is 4. The standard InChI is InChI=1S/C16H17FN4O2/c1-10(22)19-11-4-5-13(17)14(8-11)20-16(23)15-9-12(21(2)3)6-7-18-15/h4-9H,1-3H3,(H,19,22)(H,20,23). The van der Waals surface area contributed by atoms with Gasteiger partial charge in [0.05, 0.1) is 5.69 Å². The van der Waals surface area contributed by atoms with Gasteiger partial charge in [-0.2, -0.15) is 0 Å². The van der Waals surface area contributed by atoms with Gasteiger partial charge in [0.25, 0.3) is 5.91 Å². The van der Waals surface area contributed by atoms with Crippen LogP contribution in [0, 0.1) is 5.82 Å². The zero-order valence-electron chi connectivity index (χ0n) is 13.1. The molecule has 0 unspecified atom stereocenters. The molecule has 7 heteroatoms. The van der Waals surface area contributed by atoms with Crippen LogP contribution in [0.15, 0.2) is 36.5 Å². The maximum absolute atomic E-state index is 13.8. The van der Waals surface area contributed by atoms with Gasteiger partial charge in [0.2, 0.25) is 5.91 Å². The van der Waals surface area contributed by atoms with Gasteiger partial charge in [0.1, 0.15) is 11.5 Å². The third-order valence-electron chi connectivity index (χ3n) is 3.03. The highest BCUT2D eigenvalue weighted by Crippen LogP contribution is 2.21.